The Bertz CT molecular complexity index is 7200. The van der Waals surface area contributed by atoms with E-state index < -0.39 is 34.7 Å². The van der Waals surface area contributed by atoms with Gasteiger partial charge in [-0.3, -0.25) is 49.3 Å². The van der Waals surface area contributed by atoms with Gasteiger partial charge in [0.2, 0.25) is 40.8 Å². The first-order valence-electron chi connectivity index (χ1n) is 40.3. The van der Waals surface area contributed by atoms with Crippen LogP contribution in [0, 0.1) is 50.4 Å². The van der Waals surface area contributed by atoms with Crippen LogP contribution in [0.3, 0.4) is 0 Å². The Labute approximate surface area is 850 Å². The monoisotopic (exact) mass is 2140 g/mol. The zero-order chi connectivity index (χ0) is 106. The minimum atomic E-state index is -1.05. The van der Waals surface area contributed by atoms with Gasteiger partial charge in [0.25, 0.3) is 39.3 Å². The largest absolute Gasteiger partial charge is 0.450 e. The van der Waals surface area contributed by atoms with Crippen molar-refractivity contribution in [2.24, 2.45) is 5.10 Å². The van der Waals surface area contributed by atoms with Crippen LogP contribution in [0.5, 0.6) is 58.1 Å². The van der Waals surface area contributed by atoms with Gasteiger partial charge in [0.15, 0.2) is 28.7 Å². The molecule has 5 aromatic carbocycles. The normalized spacial score (nSPS) is 10.0. The van der Waals surface area contributed by atoms with Gasteiger partial charge < -0.3 is 43.3 Å². The first kappa shape index (κ1) is 117. The van der Waals surface area contributed by atoms with E-state index in [-0.39, 0.29) is 147 Å². The summed E-state index contributed by atoms with van der Waals surface area (Å²) in [4.78, 5) is 172. The molecule has 13 aromatic rings. The van der Waals surface area contributed by atoms with Crippen molar-refractivity contribution in [2.75, 3.05) is 17.8 Å². The third-order valence-corrected chi connectivity index (χ3v) is 19.9. The second-order valence-corrected chi connectivity index (χ2v) is 31.3. The fourth-order valence-corrected chi connectivity index (χ4v) is 14.2. The summed E-state index contributed by atoms with van der Waals surface area (Å²) in [5.74, 6) is 0.864. The van der Waals surface area contributed by atoms with Gasteiger partial charge in [-0.1, -0.05) is 144 Å². The fourth-order valence-electron chi connectivity index (χ4n) is 11.4. The topological polar surface area (TPSA) is 599 Å². The van der Waals surface area contributed by atoms with Crippen molar-refractivity contribution in [3.05, 3.63) is 297 Å². The molecule has 13 rings (SSSR count). The molecule has 0 saturated carbocycles. The summed E-state index contributed by atoms with van der Waals surface area (Å²) in [5, 5.41) is 51.9. The molecular weight excluding hydrogens is 2070 g/mol. The number of benzene rings is 5. The number of hydrogen-bond acceptors (Lipinski definition) is 34. The van der Waals surface area contributed by atoms with Gasteiger partial charge in [-0.25, -0.2) is 33.4 Å². The minimum Gasteiger partial charge on any atom is -0.450 e. The number of halogens is 10. The summed E-state index contributed by atoms with van der Waals surface area (Å²) in [6.45, 7) is 19.2. The van der Waals surface area contributed by atoms with E-state index in [0.29, 0.717) is 76.3 Å². The van der Waals surface area contributed by atoms with Crippen molar-refractivity contribution >= 4 is 170 Å². The molecule has 142 heavy (non-hydrogen) atoms. The number of aromatic nitrogens is 15. The summed E-state index contributed by atoms with van der Waals surface area (Å²) in [5.41, 5.74) is 10.7. The zero-order valence-corrected chi connectivity index (χ0v) is 82.7. The molecule has 0 aliphatic rings. The predicted molar refractivity (Wildman–Crippen MR) is 515 cm³/mol. The first-order valence-corrected chi connectivity index (χ1v) is 44.1. The molecule has 0 atom stereocenters. The second kappa shape index (κ2) is 58.9. The van der Waals surface area contributed by atoms with Gasteiger partial charge in [0, 0.05) is 127 Å². The zero-order valence-electron chi connectivity index (χ0n) is 75.1. The molecule has 0 unspecified atom stereocenters. The van der Waals surface area contributed by atoms with E-state index in [0.717, 1.165) is 51.7 Å². The van der Waals surface area contributed by atoms with E-state index in [1.807, 2.05) is 94.5 Å². The molecule has 0 bridgehead atoms. The number of imide groups is 1. The Morgan fingerprint density at radius 1 is 0.415 bits per heavy atom. The first-order chi connectivity index (χ1) is 67.6. The van der Waals surface area contributed by atoms with Crippen LogP contribution in [0.25, 0.3) is 17.1 Å². The number of alkyl carbamates (subject to hydrolysis) is 1. The molecule has 0 aliphatic heterocycles. The van der Waals surface area contributed by atoms with E-state index in [9.17, 15) is 43.2 Å². The molecule has 6 N–H and O–H groups in total. The molecule has 8 heterocycles. The van der Waals surface area contributed by atoms with Crippen LogP contribution in [-0.2, 0) is 74.1 Å². The number of anilines is 2. The molecular formula is C88H75Cl10N21O23. The van der Waals surface area contributed by atoms with E-state index in [1.54, 1.807) is 43.3 Å². The summed E-state index contributed by atoms with van der Waals surface area (Å²) in [6, 6.07) is 40.8. The van der Waals surface area contributed by atoms with Crippen LogP contribution in [0.1, 0.15) is 88.8 Å². The molecule has 740 valence electrons. The number of amides is 2. The van der Waals surface area contributed by atoms with Crippen LogP contribution in [0.2, 0.25) is 50.2 Å². The number of nitriles is 2. The van der Waals surface area contributed by atoms with Crippen molar-refractivity contribution < 1.29 is 76.4 Å². The SMILES string of the molecule is CCCn1nc(Oc2c(Cl)cc(-n3c(C)ccc3C)cc2Cl)ccc1=O.CCCn1nc(Oc2c(Cl)cc(-n3nc(C#N)c(=O)[nH]c3=O)cc2Cl)ccc1=O.CCCn1nc(Oc2c(Cl)cc(N)cc2Cl)ccc1=O.CCCn1nc(Oc2c(Cl)cc(NN=C(C#N)C(=O)NC(=O)OCC)cc2Cl)ccc1=O.Cc1ccc(C)n1-c1cc(Cl)c(Oc2ccc(=O)[nH]n2)c(Cl)c1.O=C=O.O=C=O.O=C=O.O=C=O. The van der Waals surface area contributed by atoms with Gasteiger partial charge >= 0.3 is 36.4 Å². The highest BCUT2D eigenvalue weighted by molar-refractivity contribution is 6.47. The lowest BCUT2D eigenvalue weighted by Gasteiger charge is -2.14. The second-order valence-electron chi connectivity index (χ2n) is 27.2. The number of rotatable bonds is 25. The van der Waals surface area contributed by atoms with Crippen molar-refractivity contribution in [3.8, 4) is 87.3 Å². The molecule has 54 heteroatoms. The van der Waals surface area contributed by atoms with Crippen LogP contribution in [-0.4, -0.2) is 122 Å². The number of nitrogens with zero attached hydrogens (tertiary/aromatic N) is 16. The van der Waals surface area contributed by atoms with Crippen molar-refractivity contribution in [1.29, 1.82) is 10.5 Å². The molecule has 2 amide bonds. The van der Waals surface area contributed by atoms with E-state index in [4.69, 9.17) is 194 Å². The number of nitrogen functional groups attached to an aromatic ring is 1. The maximum absolute atomic E-state index is 12.0. The Morgan fingerprint density at radius 2 is 0.711 bits per heavy atom. The van der Waals surface area contributed by atoms with Gasteiger partial charge in [-0.15, -0.1) is 30.6 Å². The smallest absolute Gasteiger partial charge is 0.414 e. The third kappa shape index (κ3) is 35.0. The molecule has 0 radical (unpaired) electrons. The predicted octanol–water partition coefficient (Wildman–Crippen LogP) is 15.6. The number of carbonyl (C=O) groups excluding carboxylic acids is 10. The summed E-state index contributed by atoms with van der Waals surface area (Å²) < 4.78 is 42.8. The number of nitrogens with two attached hydrogens (primary N) is 1. The lowest BCUT2D eigenvalue weighted by Crippen LogP contribution is -2.36. The van der Waals surface area contributed by atoms with Crippen molar-refractivity contribution in [2.45, 2.75) is 114 Å². The van der Waals surface area contributed by atoms with E-state index >= 15 is 0 Å². The summed E-state index contributed by atoms with van der Waals surface area (Å²) >= 11 is 62.5. The molecule has 8 aromatic heterocycles. The maximum atomic E-state index is 12.0. The molecule has 0 fully saturated rings. The van der Waals surface area contributed by atoms with Gasteiger partial charge in [0.1, 0.15) is 12.1 Å². The Balaban J connectivity index is 0.000000306. The number of nitrogens with one attached hydrogen (secondary N) is 4. The van der Waals surface area contributed by atoms with E-state index in [1.165, 1.54) is 116 Å². The average molecular weight is 2150 g/mol. The molecule has 0 spiro atoms. The number of ether oxygens (including phenoxy) is 6. The molecule has 44 nitrogen and oxygen atoms in total. The molecule has 0 aliphatic carbocycles. The lowest BCUT2D eigenvalue weighted by molar-refractivity contribution is -0.193. The number of H-pyrrole nitrogens is 2. The van der Waals surface area contributed by atoms with Crippen molar-refractivity contribution in [1.82, 2.24) is 78.5 Å². The number of hydrazone groups is 1. The third-order valence-electron chi connectivity index (χ3n) is 17.1. The van der Waals surface area contributed by atoms with Crippen LogP contribution in [0.4, 0.5) is 16.2 Å². The highest BCUT2D eigenvalue weighted by atomic mass is 35.5. The fraction of sp³-hybridized carbons (Fsp3) is 0.205. The number of aryl methyl sites for hydroxylation is 8. The van der Waals surface area contributed by atoms with Crippen molar-refractivity contribution in [3.63, 3.8) is 0 Å². The minimum absolute atomic E-state index is 0.0148. The van der Waals surface area contributed by atoms with Gasteiger partial charge in [0.05, 0.1) is 68.2 Å². The number of carbonyl (C=O) groups is 2. The highest BCUT2D eigenvalue weighted by Gasteiger charge is 2.23. The van der Waals surface area contributed by atoms with Gasteiger partial charge in [-0.2, -0.15) is 58.7 Å². The highest BCUT2D eigenvalue weighted by Crippen LogP contribution is 2.43. The van der Waals surface area contributed by atoms with Crippen LogP contribution >= 0.6 is 116 Å². The Kier molecular flexibility index (Phi) is 48.4. The number of hydrogen-bond donors (Lipinski definition) is 5. The van der Waals surface area contributed by atoms with Gasteiger partial charge in [-0.05, 0) is 145 Å². The lowest BCUT2D eigenvalue weighted by atomic mass is 10.2. The number of aromatic amines is 2. The van der Waals surface area contributed by atoms with E-state index in [2.05, 4.69) is 55.5 Å². The Morgan fingerprint density at radius 3 is 1.00 bits per heavy atom. The van der Waals surface area contributed by atoms with Crippen LogP contribution in [0.15, 0.2) is 184 Å². The summed E-state index contributed by atoms with van der Waals surface area (Å²) in [6.07, 6.45) is 2.99. The van der Waals surface area contributed by atoms with Crippen LogP contribution < -0.4 is 79.2 Å². The average Bonchev–Trinajstić information content (AvgIpc) is 1.36. The quantitative estimate of drug-likeness (QED) is 0.0201. The summed E-state index contributed by atoms with van der Waals surface area (Å²) in [7, 11) is 0. The molecule has 0 saturated heterocycles. The standard InChI is InChI=1S/C19H18Cl2N6O5.C19H19Cl2N3O2.C17H12Cl2N6O4.C16H13Cl2N3O2.C13H13Cl2N3O2.4CO2/c1-3-7-27-16(28)6-5-15(26-27)32-17-12(20)8-11(9-13(17)21)24-25-14(10-22)18(29)23-19(30)31-4-2;1-4-9-23-18(25)8-7-17(22-23)26-19-15(20)10-14(11-16(19)21)24-12(2)5-6-13(24)3;1-2-5-24-14(26)4-3-13(23-24)29-15-10(18)6-9(7-11(15)19)25-17(28)21-16(27)12(8-20)22-25;1-9-3-4-10(2)21(9)11-7-12(17)16(13(18)8-11)23-15-6-5-14(22)19-20-15;1-2-5-18-12(19)4-3-11(17-18)20-13-9(14)6-8(16)7-10(13)15;4*2-1-3/h5-6,8-9,24H,3-4,7H2,1-2H3,(H,23,29,30);5-8,10-11H,4,9H2,1-3H3;3-4,6-7H,2,5H2,1H3,(H,21,27,28);3-8H,1-2H3,(H,19,22);3-4,6-7H,2,5,16H2,1H3;;;;. The Hall–Kier alpha value is -15.7. The maximum Gasteiger partial charge on any atom is 0.414 e.